The molecule has 0 saturated heterocycles. The van der Waals surface area contributed by atoms with E-state index >= 15 is 0 Å². The topological polar surface area (TPSA) is 94.0 Å². The van der Waals surface area contributed by atoms with Crippen LogP contribution in [0.3, 0.4) is 0 Å². The van der Waals surface area contributed by atoms with Gasteiger partial charge in [0.2, 0.25) is 0 Å². The van der Waals surface area contributed by atoms with Gasteiger partial charge in [-0.25, -0.2) is 4.79 Å². The lowest BCUT2D eigenvalue weighted by molar-refractivity contribution is 0.513. The molecule has 21 heavy (non-hydrogen) atoms. The van der Waals surface area contributed by atoms with Crippen LogP contribution in [0, 0.1) is 0 Å². The molecule has 0 radical (unpaired) electrons. The Hall–Kier alpha value is -2.12. The van der Waals surface area contributed by atoms with Crippen LogP contribution in [0.5, 0.6) is 0 Å². The highest BCUT2D eigenvalue weighted by Gasteiger charge is 2.17. The summed E-state index contributed by atoms with van der Waals surface area (Å²) in [5.74, 6) is 0.608. The molecule has 6 nitrogen and oxygen atoms in total. The number of rotatable bonds is 4. The zero-order chi connectivity index (χ0) is 15.0. The number of nitrogens with zero attached hydrogens (tertiary/aromatic N) is 1. The third kappa shape index (κ3) is 2.34. The lowest BCUT2D eigenvalue weighted by Gasteiger charge is -2.10. The van der Waals surface area contributed by atoms with Gasteiger partial charge in [0.25, 0.3) is 5.56 Å². The van der Waals surface area contributed by atoms with Gasteiger partial charge in [-0.3, -0.25) is 14.3 Å². The van der Waals surface area contributed by atoms with E-state index in [9.17, 15) is 9.59 Å². The van der Waals surface area contributed by atoms with Gasteiger partial charge in [0.1, 0.15) is 10.6 Å². The Balaban J connectivity index is 2.25. The lowest BCUT2D eigenvalue weighted by atomic mass is 10.2. The normalized spacial score (nSPS) is 12.9. The summed E-state index contributed by atoms with van der Waals surface area (Å²) in [6.45, 7) is 2.12. The average Bonchev–Trinajstić information content (AvgIpc) is 3.11. The second kappa shape index (κ2) is 5.34. The highest BCUT2D eigenvalue weighted by molar-refractivity contribution is 7.17. The van der Waals surface area contributed by atoms with Crippen LogP contribution in [0.2, 0.25) is 0 Å². The first-order valence-electron chi connectivity index (χ1n) is 6.65. The quantitative estimate of drug-likeness (QED) is 0.768. The molecule has 0 fully saturated rings. The number of H-pyrrole nitrogens is 1. The molecule has 3 aromatic heterocycles. The molecule has 1 atom stereocenters. The number of nitrogens with one attached hydrogen (secondary N) is 1. The molecule has 0 amide bonds. The molecule has 0 spiro atoms. The Labute approximate surface area is 123 Å². The van der Waals surface area contributed by atoms with Gasteiger partial charge in [0.15, 0.2) is 0 Å². The molecule has 7 heteroatoms. The van der Waals surface area contributed by atoms with Crippen molar-refractivity contribution in [3.05, 3.63) is 44.6 Å². The van der Waals surface area contributed by atoms with E-state index in [2.05, 4.69) is 4.98 Å². The number of fused-ring (bicyclic) bond motifs is 1. The van der Waals surface area contributed by atoms with Crippen molar-refractivity contribution in [2.45, 2.75) is 25.9 Å². The predicted octanol–water partition coefficient (Wildman–Crippen LogP) is 1.75. The van der Waals surface area contributed by atoms with Crippen molar-refractivity contribution in [3.8, 4) is 11.3 Å². The molecule has 0 aromatic carbocycles. The minimum Gasteiger partial charge on any atom is -0.464 e. The van der Waals surface area contributed by atoms with Crippen molar-refractivity contribution in [2.75, 3.05) is 0 Å². The van der Waals surface area contributed by atoms with Crippen molar-refractivity contribution >= 4 is 21.6 Å². The summed E-state index contributed by atoms with van der Waals surface area (Å²) in [7, 11) is 0. The average molecular weight is 305 g/mol. The SMILES string of the molecule is CCC(N)Cn1c(=O)[nH]c2scc(-c3ccco3)c2c1=O. The van der Waals surface area contributed by atoms with Gasteiger partial charge >= 0.3 is 5.69 Å². The monoisotopic (exact) mass is 305 g/mol. The second-order valence-corrected chi connectivity index (χ2v) is 5.72. The van der Waals surface area contributed by atoms with E-state index in [1.165, 1.54) is 11.3 Å². The molecule has 3 aromatic rings. The molecule has 3 N–H and O–H groups in total. The van der Waals surface area contributed by atoms with E-state index in [1.807, 2.05) is 12.3 Å². The number of hydrogen-bond donors (Lipinski definition) is 2. The van der Waals surface area contributed by atoms with Crippen LogP contribution < -0.4 is 17.0 Å². The number of aromatic nitrogens is 2. The maximum absolute atomic E-state index is 12.6. The fourth-order valence-corrected chi connectivity index (χ4v) is 3.13. The zero-order valence-corrected chi connectivity index (χ0v) is 12.3. The van der Waals surface area contributed by atoms with Gasteiger partial charge < -0.3 is 10.2 Å². The van der Waals surface area contributed by atoms with E-state index in [0.29, 0.717) is 28.0 Å². The van der Waals surface area contributed by atoms with Crippen LogP contribution >= 0.6 is 11.3 Å². The van der Waals surface area contributed by atoms with Gasteiger partial charge in [0.05, 0.1) is 11.6 Å². The van der Waals surface area contributed by atoms with Crippen molar-refractivity contribution in [1.82, 2.24) is 9.55 Å². The number of nitrogens with two attached hydrogens (primary N) is 1. The molecular weight excluding hydrogens is 290 g/mol. The first kappa shape index (κ1) is 13.8. The number of hydrogen-bond acceptors (Lipinski definition) is 5. The van der Waals surface area contributed by atoms with E-state index in [0.717, 1.165) is 4.57 Å². The van der Waals surface area contributed by atoms with Gasteiger partial charge in [-0.05, 0) is 18.6 Å². The number of furan rings is 1. The highest BCUT2D eigenvalue weighted by Crippen LogP contribution is 2.30. The predicted molar refractivity (Wildman–Crippen MR) is 82.7 cm³/mol. The Morgan fingerprint density at radius 1 is 1.48 bits per heavy atom. The van der Waals surface area contributed by atoms with Gasteiger partial charge in [0, 0.05) is 23.5 Å². The highest BCUT2D eigenvalue weighted by atomic mass is 32.1. The Kier molecular flexibility index (Phi) is 3.52. The summed E-state index contributed by atoms with van der Waals surface area (Å²) in [4.78, 5) is 28.0. The van der Waals surface area contributed by atoms with Crippen LogP contribution in [0.4, 0.5) is 0 Å². The van der Waals surface area contributed by atoms with Gasteiger partial charge in [-0.1, -0.05) is 6.92 Å². The molecule has 0 saturated carbocycles. The number of thiophene rings is 1. The molecule has 0 aliphatic heterocycles. The molecule has 110 valence electrons. The summed E-state index contributed by atoms with van der Waals surface area (Å²) in [6.07, 6.45) is 2.24. The Morgan fingerprint density at radius 2 is 2.29 bits per heavy atom. The molecule has 0 aliphatic carbocycles. The van der Waals surface area contributed by atoms with Crippen molar-refractivity contribution in [1.29, 1.82) is 0 Å². The summed E-state index contributed by atoms with van der Waals surface area (Å²) >= 11 is 1.31. The molecule has 3 rings (SSSR count). The van der Waals surface area contributed by atoms with Crippen LogP contribution in [-0.2, 0) is 6.54 Å². The van der Waals surface area contributed by atoms with E-state index in [1.54, 1.807) is 18.4 Å². The Bertz CT molecular complexity index is 873. The van der Waals surface area contributed by atoms with Crippen LogP contribution in [0.15, 0.2) is 37.8 Å². The smallest absolute Gasteiger partial charge is 0.329 e. The van der Waals surface area contributed by atoms with Crippen LogP contribution in [0.25, 0.3) is 21.5 Å². The van der Waals surface area contributed by atoms with Gasteiger partial charge in [-0.2, -0.15) is 0 Å². The summed E-state index contributed by atoms with van der Waals surface area (Å²) in [6, 6.07) is 3.32. The van der Waals surface area contributed by atoms with E-state index < -0.39 is 5.69 Å². The van der Waals surface area contributed by atoms with Crippen molar-refractivity contribution in [3.63, 3.8) is 0 Å². The molecule has 0 aliphatic rings. The second-order valence-electron chi connectivity index (χ2n) is 4.85. The lowest BCUT2D eigenvalue weighted by Crippen LogP contribution is -2.40. The standard InChI is InChI=1S/C14H15N3O3S/c1-2-8(15)6-17-13(18)11-9(10-4-3-5-20-10)7-21-12(11)16-14(17)19/h3-5,7-8H,2,6,15H2,1H3,(H,16,19). The van der Waals surface area contributed by atoms with E-state index in [-0.39, 0.29) is 18.1 Å². The maximum atomic E-state index is 12.6. The molecule has 3 heterocycles. The maximum Gasteiger partial charge on any atom is 0.329 e. The molecule has 0 bridgehead atoms. The minimum atomic E-state index is -0.427. The van der Waals surface area contributed by atoms with Crippen LogP contribution in [0.1, 0.15) is 13.3 Å². The largest absolute Gasteiger partial charge is 0.464 e. The minimum absolute atomic E-state index is 0.202. The first-order chi connectivity index (χ1) is 10.1. The zero-order valence-electron chi connectivity index (χ0n) is 11.5. The van der Waals surface area contributed by atoms with E-state index in [4.69, 9.17) is 10.2 Å². The summed E-state index contributed by atoms with van der Waals surface area (Å²) in [5.41, 5.74) is 5.81. The fraction of sp³-hybridized carbons (Fsp3) is 0.286. The molecular formula is C14H15N3O3S. The first-order valence-corrected chi connectivity index (χ1v) is 7.53. The van der Waals surface area contributed by atoms with Crippen molar-refractivity contribution in [2.24, 2.45) is 5.73 Å². The molecule has 1 unspecified atom stereocenters. The fourth-order valence-electron chi connectivity index (χ4n) is 2.20. The number of aromatic amines is 1. The Morgan fingerprint density at radius 3 is 2.95 bits per heavy atom. The third-order valence-electron chi connectivity index (χ3n) is 3.44. The summed E-state index contributed by atoms with van der Waals surface area (Å²) < 4.78 is 6.52. The summed E-state index contributed by atoms with van der Waals surface area (Å²) in [5, 5.41) is 2.28. The third-order valence-corrected chi connectivity index (χ3v) is 4.34. The van der Waals surface area contributed by atoms with Gasteiger partial charge in [-0.15, -0.1) is 11.3 Å². The van der Waals surface area contributed by atoms with Crippen LogP contribution in [-0.4, -0.2) is 15.6 Å². The van der Waals surface area contributed by atoms with Crippen molar-refractivity contribution < 1.29 is 4.42 Å².